The minimum atomic E-state index is -0.490. The number of pyridine rings is 1. The van der Waals surface area contributed by atoms with Gasteiger partial charge in [-0.05, 0) is 29.8 Å². The zero-order valence-electron chi connectivity index (χ0n) is 11.2. The first-order chi connectivity index (χ1) is 9.65. The molecule has 1 aromatic heterocycles. The predicted octanol–water partition coefficient (Wildman–Crippen LogP) is 2.66. The Morgan fingerprint density at radius 2 is 2.05 bits per heavy atom. The number of hydrogen-bond acceptors (Lipinski definition) is 4. The highest BCUT2D eigenvalue weighted by Gasteiger charge is 2.14. The van der Waals surface area contributed by atoms with Crippen LogP contribution in [0.5, 0.6) is 11.6 Å². The number of rotatable bonds is 5. The highest BCUT2D eigenvalue weighted by atomic mass is 19.1. The zero-order chi connectivity index (χ0) is 14.5. The van der Waals surface area contributed by atoms with Gasteiger partial charge in [-0.1, -0.05) is 6.07 Å². The van der Waals surface area contributed by atoms with Crippen molar-refractivity contribution in [2.45, 2.75) is 6.42 Å². The molecule has 0 fully saturated rings. The summed E-state index contributed by atoms with van der Waals surface area (Å²) in [5.41, 5.74) is 0.949. The molecule has 2 aromatic rings. The molecule has 2 rings (SSSR count). The Bertz CT molecular complexity index is 628. The quantitative estimate of drug-likeness (QED) is 0.787. The van der Waals surface area contributed by atoms with E-state index in [4.69, 9.17) is 9.47 Å². The highest BCUT2D eigenvalue weighted by molar-refractivity contribution is 5.99. The molecule has 0 saturated carbocycles. The number of Topliss-reactive ketones (excluding diaryl/α,β-unsaturated/α-hetero) is 1. The molecular formula is C15H14FNO3. The Morgan fingerprint density at radius 1 is 1.25 bits per heavy atom. The summed E-state index contributed by atoms with van der Waals surface area (Å²) in [6.45, 7) is 0. The highest BCUT2D eigenvalue weighted by Crippen LogP contribution is 2.20. The second-order valence-electron chi connectivity index (χ2n) is 4.13. The molecule has 1 aromatic carbocycles. The Morgan fingerprint density at radius 3 is 2.70 bits per heavy atom. The van der Waals surface area contributed by atoms with Crippen LogP contribution in [0.15, 0.2) is 36.5 Å². The molecule has 0 N–H and O–H groups in total. The van der Waals surface area contributed by atoms with Crippen LogP contribution in [-0.2, 0) is 6.42 Å². The maximum Gasteiger partial charge on any atom is 0.224 e. The lowest BCUT2D eigenvalue weighted by atomic mass is 10.0. The second-order valence-corrected chi connectivity index (χ2v) is 4.13. The monoisotopic (exact) mass is 275 g/mol. The van der Waals surface area contributed by atoms with E-state index in [0.717, 1.165) is 0 Å². The summed E-state index contributed by atoms with van der Waals surface area (Å²) < 4.78 is 23.4. The van der Waals surface area contributed by atoms with Crippen LogP contribution >= 0.6 is 0 Å². The molecule has 0 radical (unpaired) electrons. The number of methoxy groups -OCH3 is 2. The molecular weight excluding hydrogens is 261 g/mol. The van der Waals surface area contributed by atoms with Crippen molar-refractivity contribution in [2.24, 2.45) is 0 Å². The Labute approximate surface area is 116 Å². The fraction of sp³-hybridized carbons (Fsp3) is 0.200. The van der Waals surface area contributed by atoms with Crippen LogP contribution in [0.2, 0.25) is 0 Å². The van der Waals surface area contributed by atoms with Gasteiger partial charge in [-0.2, -0.15) is 0 Å². The molecule has 104 valence electrons. The lowest BCUT2D eigenvalue weighted by Crippen LogP contribution is -2.07. The van der Waals surface area contributed by atoms with Crippen molar-refractivity contribution < 1.29 is 18.7 Å². The molecule has 0 spiro atoms. The van der Waals surface area contributed by atoms with E-state index in [9.17, 15) is 9.18 Å². The molecule has 0 bridgehead atoms. The van der Waals surface area contributed by atoms with E-state index < -0.39 is 5.82 Å². The van der Waals surface area contributed by atoms with Crippen LogP contribution in [0, 0.1) is 5.82 Å². The first-order valence-electron chi connectivity index (χ1n) is 6.00. The number of hydrogen-bond donors (Lipinski definition) is 0. The molecule has 20 heavy (non-hydrogen) atoms. The summed E-state index contributed by atoms with van der Waals surface area (Å²) >= 11 is 0. The summed E-state index contributed by atoms with van der Waals surface area (Å²) in [7, 11) is 2.84. The molecule has 0 unspecified atom stereocenters. The van der Waals surface area contributed by atoms with Gasteiger partial charge in [-0.15, -0.1) is 0 Å². The topological polar surface area (TPSA) is 48.4 Å². The van der Waals surface area contributed by atoms with Gasteiger partial charge in [0.25, 0.3) is 0 Å². The van der Waals surface area contributed by atoms with Crippen molar-refractivity contribution in [3.63, 3.8) is 0 Å². The van der Waals surface area contributed by atoms with Gasteiger partial charge in [0, 0.05) is 12.6 Å². The number of aromatic nitrogens is 1. The summed E-state index contributed by atoms with van der Waals surface area (Å²) in [5, 5.41) is 0. The normalized spacial score (nSPS) is 10.2. The average Bonchev–Trinajstić information content (AvgIpc) is 2.47. The van der Waals surface area contributed by atoms with Gasteiger partial charge in [0.1, 0.15) is 0 Å². The van der Waals surface area contributed by atoms with Gasteiger partial charge in [-0.25, -0.2) is 9.37 Å². The predicted molar refractivity (Wildman–Crippen MR) is 71.8 cm³/mol. The van der Waals surface area contributed by atoms with Crippen molar-refractivity contribution in [2.75, 3.05) is 14.2 Å². The molecule has 4 nitrogen and oxygen atoms in total. The van der Waals surface area contributed by atoms with Crippen LogP contribution in [0.4, 0.5) is 4.39 Å². The van der Waals surface area contributed by atoms with Gasteiger partial charge < -0.3 is 9.47 Å². The smallest absolute Gasteiger partial charge is 0.224 e. The van der Waals surface area contributed by atoms with E-state index in [-0.39, 0.29) is 23.8 Å². The third kappa shape index (κ3) is 2.93. The van der Waals surface area contributed by atoms with Crippen molar-refractivity contribution in [3.8, 4) is 11.6 Å². The van der Waals surface area contributed by atoms with E-state index in [1.807, 2.05) is 0 Å². The molecule has 0 saturated heterocycles. The standard InChI is InChI=1S/C15H14FNO3/c1-19-14-6-5-10(8-12(14)16)9-13(18)11-4-3-7-17-15(11)20-2/h3-8H,9H2,1-2H3. The number of carbonyl (C=O) groups excluding carboxylic acids is 1. The van der Waals surface area contributed by atoms with Gasteiger partial charge in [0.2, 0.25) is 5.88 Å². The first kappa shape index (κ1) is 14.0. The van der Waals surface area contributed by atoms with Gasteiger partial charge >= 0.3 is 0 Å². The van der Waals surface area contributed by atoms with Gasteiger partial charge in [-0.3, -0.25) is 4.79 Å². The minimum absolute atomic E-state index is 0.0724. The lowest BCUT2D eigenvalue weighted by molar-refractivity contribution is 0.0989. The molecule has 5 heteroatoms. The van der Waals surface area contributed by atoms with Gasteiger partial charge in [0.15, 0.2) is 17.3 Å². The summed E-state index contributed by atoms with van der Waals surface area (Å²) in [6, 6.07) is 7.74. The third-order valence-corrected chi connectivity index (χ3v) is 2.85. The Balaban J connectivity index is 2.21. The molecule has 1 heterocycles. The number of carbonyl (C=O) groups is 1. The van der Waals surface area contributed by atoms with E-state index in [1.165, 1.54) is 26.4 Å². The molecule has 0 aliphatic heterocycles. The Hall–Kier alpha value is -2.43. The largest absolute Gasteiger partial charge is 0.494 e. The second kappa shape index (κ2) is 6.14. The van der Waals surface area contributed by atoms with Crippen LogP contribution in [0.25, 0.3) is 0 Å². The molecule has 0 amide bonds. The summed E-state index contributed by atoms with van der Waals surface area (Å²) in [5.74, 6) is -0.248. The summed E-state index contributed by atoms with van der Waals surface area (Å²) in [6.07, 6.45) is 1.62. The van der Waals surface area contributed by atoms with Gasteiger partial charge in [0.05, 0.1) is 19.8 Å². The van der Waals surface area contributed by atoms with Crippen molar-refractivity contribution in [1.82, 2.24) is 4.98 Å². The first-order valence-corrected chi connectivity index (χ1v) is 6.00. The van der Waals surface area contributed by atoms with E-state index in [2.05, 4.69) is 4.98 Å². The fourth-order valence-electron chi connectivity index (χ4n) is 1.87. The SMILES string of the molecule is COc1ccc(CC(=O)c2cccnc2OC)cc1F. The number of ketones is 1. The van der Waals surface area contributed by atoms with E-state index in [1.54, 1.807) is 24.4 Å². The van der Waals surface area contributed by atoms with Crippen LogP contribution < -0.4 is 9.47 Å². The maximum atomic E-state index is 13.6. The number of ether oxygens (including phenoxy) is 2. The number of benzene rings is 1. The molecule has 0 atom stereocenters. The fourth-order valence-corrected chi connectivity index (χ4v) is 1.87. The number of halogens is 1. The van der Waals surface area contributed by atoms with Crippen LogP contribution in [0.3, 0.4) is 0 Å². The van der Waals surface area contributed by atoms with Crippen molar-refractivity contribution in [3.05, 3.63) is 53.5 Å². The number of nitrogens with zero attached hydrogens (tertiary/aromatic N) is 1. The average molecular weight is 275 g/mol. The van der Waals surface area contributed by atoms with E-state index in [0.29, 0.717) is 11.1 Å². The molecule has 0 aliphatic rings. The van der Waals surface area contributed by atoms with E-state index >= 15 is 0 Å². The zero-order valence-corrected chi connectivity index (χ0v) is 11.2. The maximum absolute atomic E-state index is 13.6. The van der Waals surface area contributed by atoms with Crippen LogP contribution in [-0.4, -0.2) is 25.0 Å². The van der Waals surface area contributed by atoms with Crippen LogP contribution in [0.1, 0.15) is 15.9 Å². The Kier molecular flexibility index (Phi) is 4.30. The van der Waals surface area contributed by atoms with Crippen molar-refractivity contribution in [1.29, 1.82) is 0 Å². The lowest BCUT2D eigenvalue weighted by Gasteiger charge is -2.07. The molecule has 0 aliphatic carbocycles. The minimum Gasteiger partial charge on any atom is -0.494 e. The third-order valence-electron chi connectivity index (χ3n) is 2.85. The summed E-state index contributed by atoms with van der Waals surface area (Å²) in [4.78, 5) is 16.2. The van der Waals surface area contributed by atoms with Crippen molar-refractivity contribution >= 4 is 5.78 Å².